The van der Waals surface area contributed by atoms with Crippen LogP contribution >= 0.6 is 11.6 Å². The van der Waals surface area contributed by atoms with E-state index in [1.54, 1.807) is 0 Å². The van der Waals surface area contributed by atoms with Gasteiger partial charge < -0.3 is 14.6 Å². The molecule has 0 heterocycles. The molecule has 0 aromatic carbocycles. The van der Waals surface area contributed by atoms with E-state index >= 15 is 0 Å². The molecule has 0 aliphatic carbocycles. The number of aliphatic hydroxyl groups excluding tert-OH is 2. The van der Waals surface area contributed by atoms with Crippen molar-refractivity contribution in [2.24, 2.45) is 0 Å². The van der Waals surface area contributed by atoms with Crippen molar-refractivity contribution in [3.05, 3.63) is 0 Å². The van der Waals surface area contributed by atoms with Gasteiger partial charge in [-0.15, -0.1) is 11.6 Å². The normalized spacial score (nSPS) is 17.2. The van der Waals surface area contributed by atoms with Gasteiger partial charge in [-0.2, -0.15) is 0 Å². The van der Waals surface area contributed by atoms with Gasteiger partial charge in [-0.1, -0.05) is 20.8 Å². The van der Waals surface area contributed by atoms with E-state index in [1.807, 2.05) is 0 Å². The highest BCUT2D eigenvalue weighted by atomic mass is 35.5. The molecule has 0 aliphatic rings. The van der Waals surface area contributed by atoms with Crippen LogP contribution in [0.3, 0.4) is 0 Å². The van der Waals surface area contributed by atoms with Crippen molar-refractivity contribution in [1.29, 1.82) is 0 Å². The Labute approximate surface area is 105 Å². The molecule has 0 saturated heterocycles. The zero-order valence-corrected chi connectivity index (χ0v) is 12.7. The molecule has 98 valence electrons. The third kappa shape index (κ3) is 5.14. The van der Waals surface area contributed by atoms with Crippen molar-refractivity contribution < 1.29 is 14.6 Å². The van der Waals surface area contributed by atoms with Crippen molar-refractivity contribution >= 4 is 19.9 Å². The average molecular weight is 269 g/mol. The van der Waals surface area contributed by atoms with Crippen LogP contribution in [-0.4, -0.2) is 43.2 Å². The van der Waals surface area contributed by atoms with Gasteiger partial charge in [0.2, 0.25) is 0 Å². The smallest absolute Gasteiger partial charge is 0.192 e. The number of hydrogen-bond donors (Lipinski definition) is 2. The summed E-state index contributed by atoms with van der Waals surface area (Å²) in [5.74, 6) is 0.351. The van der Waals surface area contributed by atoms with Crippen molar-refractivity contribution in [3.63, 3.8) is 0 Å². The second kappa shape index (κ2) is 6.35. The lowest BCUT2D eigenvalue weighted by molar-refractivity contribution is 0.0521. The van der Waals surface area contributed by atoms with E-state index in [9.17, 15) is 5.11 Å². The Morgan fingerprint density at radius 2 is 1.81 bits per heavy atom. The molecule has 2 atom stereocenters. The van der Waals surface area contributed by atoms with E-state index in [-0.39, 0.29) is 17.7 Å². The first-order chi connectivity index (χ1) is 7.14. The molecule has 3 nitrogen and oxygen atoms in total. The molecule has 0 aliphatic heterocycles. The van der Waals surface area contributed by atoms with Crippen LogP contribution < -0.4 is 0 Å². The molecule has 16 heavy (non-hydrogen) atoms. The first kappa shape index (κ1) is 16.4. The van der Waals surface area contributed by atoms with Gasteiger partial charge in [0.25, 0.3) is 0 Å². The summed E-state index contributed by atoms with van der Waals surface area (Å²) < 4.78 is 6.06. The van der Waals surface area contributed by atoms with Crippen LogP contribution in [0.1, 0.15) is 27.2 Å². The van der Waals surface area contributed by atoms with Gasteiger partial charge in [0.05, 0.1) is 18.8 Å². The molecular weight excluding hydrogens is 244 g/mol. The maximum atomic E-state index is 9.39. The molecule has 0 amide bonds. The number of hydrogen-bond acceptors (Lipinski definition) is 3. The van der Waals surface area contributed by atoms with Crippen molar-refractivity contribution in [2.45, 2.75) is 57.5 Å². The van der Waals surface area contributed by atoms with E-state index in [1.165, 1.54) is 0 Å². The topological polar surface area (TPSA) is 49.7 Å². The highest BCUT2D eigenvalue weighted by molar-refractivity contribution is 6.74. The summed E-state index contributed by atoms with van der Waals surface area (Å²) in [5, 5.41) is 18.3. The van der Waals surface area contributed by atoms with Crippen molar-refractivity contribution in [3.8, 4) is 0 Å². The predicted molar refractivity (Wildman–Crippen MR) is 70.5 cm³/mol. The van der Waals surface area contributed by atoms with Crippen LogP contribution in [0.5, 0.6) is 0 Å². The Morgan fingerprint density at radius 1 is 1.31 bits per heavy atom. The zero-order chi connectivity index (χ0) is 13.0. The molecule has 0 aromatic heterocycles. The van der Waals surface area contributed by atoms with Crippen LogP contribution in [0.4, 0.5) is 0 Å². The van der Waals surface area contributed by atoms with Crippen LogP contribution in [-0.2, 0) is 4.43 Å². The van der Waals surface area contributed by atoms with Crippen LogP contribution in [0.25, 0.3) is 0 Å². The van der Waals surface area contributed by atoms with Gasteiger partial charge in [-0.25, -0.2) is 0 Å². The highest BCUT2D eigenvalue weighted by Crippen LogP contribution is 2.37. The van der Waals surface area contributed by atoms with Crippen LogP contribution in [0.2, 0.25) is 18.1 Å². The summed E-state index contributed by atoms with van der Waals surface area (Å²) in [6.45, 7) is 10.5. The molecule has 2 N–H and O–H groups in total. The molecule has 0 aromatic rings. The summed E-state index contributed by atoms with van der Waals surface area (Å²) in [5.41, 5.74) is 0. The minimum absolute atomic E-state index is 0.126. The maximum absolute atomic E-state index is 9.39. The first-order valence-corrected chi connectivity index (χ1v) is 9.11. The first-order valence-electron chi connectivity index (χ1n) is 5.66. The van der Waals surface area contributed by atoms with Gasteiger partial charge in [-0.3, -0.25) is 0 Å². The van der Waals surface area contributed by atoms with E-state index < -0.39 is 14.4 Å². The summed E-state index contributed by atoms with van der Waals surface area (Å²) in [6, 6.07) is 0. The standard InChI is InChI=1S/C11H25ClO3Si/c1-11(2,3)16(4,5)15-10(7-12)6-9(14)8-13/h9-10,13-14H,6-8H2,1-5H3/t9-,10-/m1/s1. The molecule has 0 spiro atoms. The summed E-state index contributed by atoms with van der Waals surface area (Å²) in [6.07, 6.45) is -0.523. The SMILES string of the molecule is CC(C)(C)[Si](C)(C)O[C@@H](CCl)C[C@@H](O)CO. The number of halogens is 1. The minimum atomic E-state index is -1.85. The van der Waals surface area contributed by atoms with E-state index in [0.717, 1.165) is 0 Å². The van der Waals surface area contributed by atoms with Gasteiger partial charge >= 0.3 is 0 Å². The molecule has 0 radical (unpaired) electrons. The minimum Gasteiger partial charge on any atom is -0.413 e. The molecule has 0 saturated carbocycles. The Morgan fingerprint density at radius 3 is 2.12 bits per heavy atom. The molecule has 0 rings (SSSR count). The van der Waals surface area contributed by atoms with Crippen LogP contribution in [0, 0.1) is 0 Å². The Hall–Kier alpha value is 0.387. The van der Waals surface area contributed by atoms with Crippen molar-refractivity contribution in [2.75, 3.05) is 12.5 Å². The van der Waals surface area contributed by atoms with E-state index in [2.05, 4.69) is 33.9 Å². The number of alkyl halides is 1. The quantitative estimate of drug-likeness (QED) is 0.574. The lowest BCUT2D eigenvalue weighted by Gasteiger charge is -2.39. The summed E-state index contributed by atoms with van der Waals surface area (Å²) in [7, 11) is -1.85. The lowest BCUT2D eigenvalue weighted by atomic mass is 10.2. The summed E-state index contributed by atoms with van der Waals surface area (Å²) in [4.78, 5) is 0. The lowest BCUT2D eigenvalue weighted by Crippen LogP contribution is -2.45. The fourth-order valence-corrected chi connectivity index (χ4v) is 2.78. The van der Waals surface area contributed by atoms with Gasteiger partial charge in [0, 0.05) is 12.3 Å². The summed E-state index contributed by atoms with van der Waals surface area (Å²) >= 11 is 5.83. The molecule has 0 fully saturated rings. The Balaban J connectivity index is 4.42. The Kier molecular flexibility index (Phi) is 6.51. The second-order valence-corrected chi connectivity index (χ2v) is 10.8. The van der Waals surface area contributed by atoms with Gasteiger partial charge in [0.15, 0.2) is 8.32 Å². The molecular formula is C11H25ClO3Si. The number of aliphatic hydroxyl groups is 2. The number of rotatable bonds is 6. The third-order valence-electron chi connectivity index (χ3n) is 3.19. The second-order valence-electron chi connectivity index (χ2n) is 5.73. The molecule has 5 heteroatoms. The third-order valence-corrected chi connectivity index (χ3v) is 8.06. The van der Waals surface area contributed by atoms with Crippen molar-refractivity contribution in [1.82, 2.24) is 0 Å². The fourth-order valence-electron chi connectivity index (χ4n) is 1.11. The largest absolute Gasteiger partial charge is 0.413 e. The molecule has 0 bridgehead atoms. The maximum Gasteiger partial charge on any atom is 0.192 e. The van der Waals surface area contributed by atoms with Gasteiger partial charge in [-0.05, 0) is 18.1 Å². The van der Waals surface area contributed by atoms with E-state index in [0.29, 0.717) is 12.3 Å². The molecule has 0 unspecified atom stereocenters. The monoisotopic (exact) mass is 268 g/mol. The highest BCUT2D eigenvalue weighted by Gasteiger charge is 2.39. The fraction of sp³-hybridized carbons (Fsp3) is 1.00. The average Bonchev–Trinajstić information content (AvgIpc) is 2.14. The van der Waals surface area contributed by atoms with Gasteiger partial charge in [0.1, 0.15) is 0 Å². The predicted octanol–water partition coefficient (Wildman–Crippen LogP) is 2.36. The van der Waals surface area contributed by atoms with Crippen LogP contribution in [0.15, 0.2) is 0 Å². The Bertz CT molecular complexity index is 204. The zero-order valence-electron chi connectivity index (χ0n) is 11.0. The van der Waals surface area contributed by atoms with E-state index in [4.69, 9.17) is 21.1 Å².